The molecule has 124 valence electrons. The molecule has 0 N–H and O–H groups in total. The zero-order chi connectivity index (χ0) is 16.3. The normalized spacial score (nSPS) is 24.3. The van der Waals surface area contributed by atoms with Crippen LogP contribution in [0.3, 0.4) is 0 Å². The van der Waals surface area contributed by atoms with E-state index < -0.39 is 9.84 Å². The lowest BCUT2D eigenvalue weighted by molar-refractivity contribution is -0.130. The second-order valence-corrected chi connectivity index (χ2v) is 8.71. The van der Waals surface area contributed by atoms with E-state index in [0.717, 1.165) is 31.2 Å². The Morgan fingerprint density at radius 3 is 2.35 bits per heavy atom. The minimum absolute atomic E-state index is 0.0529. The number of benzene rings is 1. The summed E-state index contributed by atoms with van der Waals surface area (Å²) in [5.41, 5.74) is 0.978. The molecule has 4 nitrogen and oxygen atoms in total. The molecule has 5 heteroatoms. The van der Waals surface area contributed by atoms with Crippen LogP contribution in [0.4, 0.5) is 0 Å². The van der Waals surface area contributed by atoms with Crippen LogP contribution in [-0.4, -0.2) is 42.8 Å². The first kappa shape index (κ1) is 16.2. The largest absolute Gasteiger partial charge is 0.332 e. The van der Waals surface area contributed by atoms with Gasteiger partial charge in [-0.1, -0.05) is 43.2 Å². The standard InChI is InChI=1S/C18H23NO3S/c20-18(11-10-15-6-2-1-3-7-15)19(16-8-4-5-9-16)17-12-13-23(21,22)14-17/h1-3,6-7,10-11,16-17H,4-5,8-9,12-14H2. The Labute approximate surface area is 138 Å². The summed E-state index contributed by atoms with van der Waals surface area (Å²) in [5, 5.41) is 0. The Morgan fingerprint density at radius 1 is 1.04 bits per heavy atom. The van der Waals surface area contributed by atoms with Crippen molar-refractivity contribution >= 4 is 21.8 Å². The highest BCUT2D eigenvalue weighted by Gasteiger charge is 2.38. The maximum Gasteiger partial charge on any atom is 0.247 e. The van der Waals surface area contributed by atoms with Gasteiger partial charge in [0.05, 0.1) is 11.5 Å². The minimum atomic E-state index is -2.99. The zero-order valence-corrected chi connectivity index (χ0v) is 14.0. The van der Waals surface area contributed by atoms with Crippen molar-refractivity contribution in [1.82, 2.24) is 4.90 Å². The van der Waals surface area contributed by atoms with Gasteiger partial charge in [-0.3, -0.25) is 4.79 Å². The third kappa shape index (κ3) is 4.02. The molecule has 1 saturated carbocycles. The van der Waals surface area contributed by atoms with Crippen molar-refractivity contribution in [2.75, 3.05) is 11.5 Å². The Hall–Kier alpha value is -1.62. The van der Waals surface area contributed by atoms with E-state index in [-0.39, 0.29) is 29.5 Å². The summed E-state index contributed by atoms with van der Waals surface area (Å²) in [7, 11) is -2.99. The molecular formula is C18H23NO3S. The van der Waals surface area contributed by atoms with Crippen LogP contribution in [0.5, 0.6) is 0 Å². The molecule has 1 aromatic carbocycles. The van der Waals surface area contributed by atoms with Crippen molar-refractivity contribution in [1.29, 1.82) is 0 Å². The Morgan fingerprint density at radius 2 is 1.74 bits per heavy atom. The molecule has 1 aliphatic heterocycles. The van der Waals surface area contributed by atoms with Crippen molar-refractivity contribution in [3.63, 3.8) is 0 Å². The second-order valence-electron chi connectivity index (χ2n) is 6.48. The number of rotatable bonds is 4. The van der Waals surface area contributed by atoms with Crippen LogP contribution >= 0.6 is 0 Å². The summed E-state index contributed by atoms with van der Waals surface area (Å²) in [4.78, 5) is 14.6. The molecule has 3 rings (SSSR count). The predicted octanol–water partition coefficient (Wildman–Crippen LogP) is 2.66. The summed E-state index contributed by atoms with van der Waals surface area (Å²) < 4.78 is 23.6. The van der Waals surface area contributed by atoms with Crippen LogP contribution in [0.15, 0.2) is 36.4 Å². The van der Waals surface area contributed by atoms with E-state index >= 15 is 0 Å². The van der Waals surface area contributed by atoms with Crippen molar-refractivity contribution in [2.45, 2.75) is 44.2 Å². The van der Waals surface area contributed by atoms with Crippen LogP contribution in [0.25, 0.3) is 6.08 Å². The molecule has 0 spiro atoms. The quantitative estimate of drug-likeness (QED) is 0.796. The van der Waals surface area contributed by atoms with Crippen molar-refractivity contribution in [3.8, 4) is 0 Å². The molecule has 1 heterocycles. The van der Waals surface area contributed by atoms with E-state index in [4.69, 9.17) is 0 Å². The lowest BCUT2D eigenvalue weighted by atomic mass is 10.1. The van der Waals surface area contributed by atoms with Crippen molar-refractivity contribution < 1.29 is 13.2 Å². The van der Waals surface area contributed by atoms with Crippen molar-refractivity contribution in [2.24, 2.45) is 0 Å². The maximum atomic E-state index is 12.7. The first-order valence-electron chi connectivity index (χ1n) is 8.31. The molecule has 0 aromatic heterocycles. The molecule has 1 aliphatic carbocycles. The van der Waals surface area contributed by atoms with Gasteiger partial charge in [0, 0.05) is 18.2 Å². The molecule has 0 bridgehead atoms. The highest BCUT2D eigenvalue weighted by Crippen LogP contribution is 2.29. The van der Waals surface area contributed by atoms with E-state index in [0.29, 0.717) is 6.42 Å². The number of nitrogens with zero attached hydrogens (tertiary/aromatic N) is 1. The van der Waals surface area contributed by atoms with Gasteiger partial charge in [-0.2, -0.15) is 0 Å². The molecule has 0 radical (unpaired) electrons. The second kappa shape index (κ2) is 6.87. The van der Waals surface area contributed by atoms with Gasteiger partial charge in [-0.25, -0.2) is 8.42 Å². The van der Waals surface area contributed by atoms with Gasteiger partial charge in [0.25, 0.3) is 0 Å². The molecule has 23 heavy (non-hydrogen) atoms. The van der Waals surface area contributed by atoms with Gasteiger partial charge >= 0.3 is 0 Å². The molecule has 2 fully saturated rings. The number of sulfone groups is 1. The van der Waals surface area contributed by atoms with Crippen LogP contribution in [0, 0.1) is 0 Å². The zero-order valence-electron chi connectivity index (χ0n) is 13.2. The molecule has 1 saturated heterocycles. The fourth-order valence-electron chi connectivity index (χ4n) is 3.65. The van der Waals surface area contributed by atoms with Gasteiger partial charge in [-0.05, 0) is 30.9 Å². The third-order valence-corrected chi connectivity index (χ3v) is 6.54. The monoisotopic (exact) mass is 333 g/mol. The number of hydrogen-bond donors (Lipinski definition) is 0. The Kier molecular flexibility index (Phi) is 4.85. The minimum Gasteiger partial charge on any atom is -0.332 e. The van der Waals surface area contributed by atoms with Crippen LogP contribution < -0.4 is 0 Å². The number of amides is 1. The smallest absolute Gasteiger partial charge is 0.247 e. The fourth-order valence-corrected chi connectivity index (χ4v) is 5.36. The van der Waals surface area contributed by atoms with E-state index in [1.165, 1.54) is 0 Å². The summed E-state index contributed by atoms with van der Waals surface area (Å²) in [6.07, 6.45) is 8.20. The third-order valence-electron chi connectivity index (χ3n) is 4.79. The Balaban J connectivity index is 1.77. The molecule has 2 aliphatic rings. The van der Waals surface area contributed by atoms with Gasteiger partial charge in [0.2, 0.25) is 5.91 Å². The topological polar surface area (TPSA) is 54.5 Å². The molecular weight excluding hydrogens is 310 g/mol. The molecule has 1 amide bonds. The number of carbonyl (C=O) groups excluding carboxylic acids is 1. The first-order chi connectivity index (χ1) is 11.1. The summed E-state index contributed by atoms with van der Waals surface area (Å²) >= 11 is 0. The van der Waals surface area contributed by atoms with Crippen LogP contribution in [0.2, 0.25) is 0 Å². The van der Waals surface area contributed by atoms with E-state index in [1.54, 1.807) is 6.08 Å². The highest BCUT2D eigenvalue weighted by molar-refractivity contribution is 7.91. The van der Waals surface area contributed by atoms with E-state index in [9.17, 15) is 13.2 Å². The van der Waals surface area contributed by atoms with Gasteiger partial charge < -0.3 is 4.90 Å². The van der Waals surface area contributed by atoms with E-state index in [2.05, 4.69) is 0 Å². The molecule has 1 atom stereocenters. The summed E-state index contributed by atoms with van der Waals surface area (Å²) in [6.45, 7) is 0. The fraction of sp³-hybridized carbons (Fsp3) is 0.500. The average molecular weight is 333 g/mol. The van der Waals surface area contributed by atoms with Gasteiger partial charge in [0.15, 0.2) is 9.84 Å². The lowest BCUT2D eigenvalue weighted by Crippen LogP contribution is -2.46. The van der Waals surface area contributed by atoms with Crippen molar-refractivity contribution in [3.05, 3.63) is 42.0 Å². The highest BCUT2D eigenvalue weighted by atomic mass is 32.2. The number of hydrogen-bond acceptors (Lipinski definition) is 3. The average Bonchev–Trinajstić information content (AvgIpc) is 3.17. The first-order valence-corrected chi connectivity index (χ1v) is 10.1. The molecule has 1 unspecified atom stereocenters. The van der Waals surface area contributed by atoms with E-state index in [1.807, 2.05) is 41.3 Å². The molecule has 1 aromatic rings. The van der Waals surface area contributed by atoms with Crippen LogP contribution in [-0.2, 0) is 14.6 Å². The Bertz CT molecular complexity index is 675. The van der Waals surface area contributed by atoms with Gasteiger partial charge in [0.1, 0.15) is 0 Å². The SMILES string of the molecule is O=C(C=Cc1ccccc1)N(C1CCCC1)C1CCS(=O)(=O)C1. The summed E-state index contributed by atoms with van der Waals surface area (Å²) in [6, 6.07) is 9.74. The summed E-state index contributed by atoms with van der Waals surface area (Å²) in [5.74, 6) is 0.271. The lowest BCUT2D eigenvalue weighted by Gasteiger charge is -2.33. The van der Waals surface area contributed by atoms with Crippen LogP contribution in [0.1, 0.15) is 37.7 Å². The van der Waals surface area contributed by atoms with Gasteiger partial charge in [-0.15, -0.1) is 0 Å². The maximum absolute atomic E-state index is 12.7. The number of carbonyl (C=O) groups is 1. The predicted molar refractivity (Wildman–Crippen MR) is 91.6 cm³/mol.